The number of fused-ring (bicyclic) bond motifs is 1. The SMILES string of the molecule is CC(C)=CC(=O)N1CC(OCCc2ncc3ccc(=O)[nH]c3n2)C1. The number of nitrogens with one attached hydrogen (secondary N) is 1. The third-order valence-corrected chi connectivity index (χ3v) is 3.77. The van der Waals surface area contributed by atoms with Gasteiger partial charge < -0.3 is 14.6 Å². The fraction of sp³-hybridized carbons (Fsp3) is 0.412. The van der Waals surface area contributed by atoms with Gasteiger partial charge in [0.05, 0.1) is 12.7 Å². The zero-order valence-electron chi connectivity index (χ0n) is 13.8. The molecule has 0 aliphatic carbocycles. The van der Waals surface area contributed by atoms with Gasteiger partial charge in [0.2, 0.25) is 11.5 Å². The Morgan fingerprint density at radius 3 is 2.96 bits per heavy atom. The Morgan fingerprint density at radius 2 is 2.21 bits per heavy atom. The molecule has 24 heavy (non-hydrogen) atoms. The van der Waals surface area contributed by atoms with E-state index < -0.39 is 0 Å². The smallest absolute Gasteiger partial charge is 0.249 e. The highest BCUT2D eigenvalue weighted by molar-refractivity contribution is 5.88. The van der Waals surface area contributed by atoms with Crippen molar-refractivity contribution in [2.24, 2.45) is 0 Å². The highest BCUT2D eigenvalue weighted by Crippen LogP contribution is 2.13. The van der Waals surface area contributed by atoms with E-state index in [1.54, 1.807) is 23.2 Å². The van der Waals surface area contributed by atoms with Crippen molar-refractivity contribution in [2.45, 2.75) is 26.4 Å². The zero-order valence-corrected chi connectivity index (χ0v) is 13.8. The van der Waals surface area contributed by atoms with Crippen LogP contribution in [0, 0.1) is 0 Å². The van der Waals surface area contributed by atoms with Crippen molar-refractivity contribution in [1.29, 1.82) is 0 Å². The zero-order chi connectivity index (χ0) is 17.1. The summed E-state index contributed by atoms with van der Waals surface area (Å²) in [5.74, 6) is 0.665. The van der Waals surface area contributed by atoms with Crippen molar-refractivity contribution in [3.05, 3.63) is 46.2 Å². The number of allylic oxidation sites excluding steroid dienone is 1. The lowest BCUT2D eigenvalue weighted by Crippen LogP contribution is -2.54. The number of carbonyl (C=O) groups excluding carboxylic acids is 1. The van der Waals surface area contributed by atoms with Crippen molar-refractivity contribution in [1.82, 2.24) is 19.9 Å². The maximum atomic E-state index is 11.8. The lowest BCUT2D eigenvalue weighted by Gasteiger charge is -2.38. The highest BCUT2D eigenvalue weighted by Gasteiger charge is 2.30. The van der Waals surface area contributed by atoms with E-state index in [0.717, 1.165) is 11.0 Å². The maximum absolute atomic E-state index is 11.8. The summed E-state index contributed by atoms with van der Waals surface area (Å²) < 4.78 is 5.74. The molecule has 1 amide bonds. The molecule has 0 unspecified atom stereocenters. The fourth-order valence-electron chi connectivity index (χ4n) is 2.47. The molecule has 1 saturated heterocycles. The van der Waals surface area contributed by atoms with Crippen molar-refractivity contribution in [3.63, 3.8) is 0 Å². The average molecular weight is 328 g/mol. The number of carbonyl (C=O) groups is 1. The van der Waals surface area contributed by atoms with Gasteiger partial charge in [-0.2, -0.15) is 0 Å². The van der Waals surface area contributed by atoms with Crippen LogP contribution in [0.2, 0.25) is 0 Å². The van der Waals surface area contributed by atoms with Crippen LogP contribution < -0.4 is 5.56 Å². The van der Waals surface area contributed by atoms with Crippen molar-refractivity contribution < 1.29 is 9.53 Å². The Hall–Kier alpha value is -2.54. The van der Waals surface area contributed by atoms with Gasteiger partial charge in [-0.1, -0.05) is 5.57 Å². The first-order chi connectivity index (χ1) is 11.5. The number of amides is 1. The van der Waals surface area contributed by atoms with Gasteiger partial charge in [0.15, 0.2) is 0 Å². The van der Waals surface area contributed by atoms with E-state index in [1.165, 1.54) is 6.07 Å². The van der Waals surface area contributed by atoms with Gasteiger partial charge in [0, 0.05) is 43.2 Å². The number of H-pyrrole nitrogens is 1. The number of nitrogens with zero attached hydrogens (tertiary/aromatic N) is 3. The van der Waals surface area contributed by atoms with Crippen LogP contribution in [0.5, 0.6) is 0 Å². The summed E-state index contributed by atoms with van der Waals surface area (Å²) in [5, 5.41) is 0.798. The van der Waals surface area contributed by atoms with Crippen molar-refractivity contribution in [3.8, 4) is 0 Å². The number of hydrogen-bond acceptors (Lipinski definition) is 5. The molecule has 126 valence electrons. The first-order valence-electron chi connectivity index (χ1n) is 7.91. The molecule has 3 heterocycles. The van der Waals surface area contributed by atoms with Gasteiger partial charge in [0.25, 0.3) is 0 Å². The van der Waals surface area contributed by atoms with E-state index in [1.807, 2.05) is 13.8 Å². The number of ether oxygens (including phenoxy) is 1. The molecule has 2 aromatic rings. The molecule has 2 aromatic heterocycles. The molecule has 0 atom stereocenters. The average Bonchev–Trinajstić information content (AvgIpc) is 2.48. The van der Waals surface area contributed by atoms with Crippen molar-refractivity contribution >= 4 is 16.9 Å². The van der Waals surface area contributed by atoms with Gasteiger partial charge in [-0.15, -0.1) is 0 Å². The summed E-state index contributed by atoms with van der Waals surface area (Å²) >= 11 is 0. The third kappa shape index (κ3) is 3.86. The van der Waals surface area contributed by atoms with Gasteiger partial charge in [-0.3, -0.25) is 9.59 Å². The van der Waals surface area contributed by atoms with Crippen molar-refractivity contribution in [2.75, 3.05) is 19.7 Å². The minimum Gasteiger partial charge on any atom is -0.374 e. The van der Waals surface area contributed by atoms with E-state index in [-0.39, 0.29) is 17.6 Å². The van der Waals surface area contributed by atoms with Crippen LogP contribution in [-0.2, 0) is 16.0 Å². The molecule has 1 fully saturated rings. The minimum absolute atomic E-state index is 0.0386. The van der Waals surface area contributed by atoms with Gasteiger partial charge in [0.1, 0.15) is 11.5 Å². The number of hydrogen-bond donors (Lipinski definition) is 1. The molecule has 0 spiro atoms. The van der Waals surface area contributed by atoms with E-state index in [9.17, 15) is 9.59 Å². The van der Waals surface area contributed by atoms with Crippen LogP contribution in [0.4, 0.5) is 0 Å². The second-order valence-corrected chi connectivity index (χ2v) is 6.12. The Labute approximate surface area is 139 Å². The molecule has 1 N–H and O–H groups in total. The van der Waals surface area contributed by atoms with Crippen LogP contribution in [0.15, 0.2) is 34.8 Å². The number of likely N-dealkylation sites (tertiary alicyclic amines) is 1. The Balaban J connectivity index is 1.47. The van der Waals surface area contributed by atoms with Crippen LogP contribution in [0.3, 0.4) is 0 Å². The largest absolute Gasteiger partial charge is 0.374 e. The van der Waals surface area contributed by atoms with Gasteiger partial charge >= 0.3 is 0 Å². The van der Waals surface area contributed by atoms with E-state index in [0.29, 0.717) is 37.6 Å². The number of rotatable bonds is 5. The molecule has 1 aliphatic rings. The fourth-order valence-corrected chi connectivity index (χ4v) is 2.47. The second-order valence-electron chi connectivity index (χ2n) is 6.12. The standard InChI is InChI=1S/C17H20N4O3/c1-11(2)7-16(23)21-9-13(10-21)24-6-5-14-18-8-12-3-4-15(22)20-17(12)19-14/h3-4,7-8,13H,5-6,9-10H2,1-2H3,(H,18,19,20,22). The minimum atomic E-state index is -0.181. The maximum Gasteiger partial charge on any atom is 0.249 e. The van der Waals surface area contributed by atoms with Crippen LogP contribution >= 0.6 is 0 Å². The molecule has 0 saturated carbocycles. The second kappa shape index (κ2) is 6.92. The number of pyridine rings is 1. The Kier molecular flexibility index (Phi) is 4.71. The number of aromatic nitrogens is 3. The quantitative estimate of drug-likeness (QED) is 0.829. The monoisotopic (exact) mass is 328 g/mol. The molecule has 0 bridgehead atoms. The first-order valence-corrected chi connectivity index (χ1v) is 7.91. The molecular formula is C17H20N4O3. The van der Waals surface area contributed by atoms with E-state index >= 15 is 0 Å². The third-order valence-electron chi connectivity index (χ3n) is 3.77. The molecular weight excluding hydrogens is 308 g/mol. The molecule has 0 aromatic carbocycles. The molecule has 3 rings (SSSR count). The normalized spacial score (nSPS) is 14.5. The Bertz CT molecular complexity index is 833. The first kappa shape index (κ1) is 16.3. The van der Waals surface area contributed by atoms with Crippen LogP contribution in [0.1, 0.15) is 19.7 Å². The summed E-state index contributed by atoms with van der Waals surface area (Å²) in [5.41, 5.74) is 1.35. The van der Waals surface area contributed by atoms with E-state index in [2.05, 4.69) is 15.0 Å². The van der Waals surface area contributed by atoms with Gasteiger partial charge in [-0.05, 0) is 19.9 Å². The van der Waals surface area contributed by atoms with Crippen LogP contribution in [0.25, 0.3) is 11.0 Å². The highest BCUT2D eigenvalue weighted by atomic mass is 16.5. The van der Waals surface area contributed by atoms with Crippen LogP contribution in [-0.4, -0.2) is 51.6 Å². The summed E-state index contributed by atoms with van der Waals surface area (Å²) in [6.45, 7) is 5.53. The molecule has 7 nitrogen and oxygen atoms in total. The Morgan fingerprint density at radius 1 is 1.42 bits per heavy atom. The summed E-state index contributed by atoms with van der Waals surface area (Å²) in [6, 6.07) is 3.15. The topological polar surface area (TPSA) is 88.2 Å². The number of aromatic amines is 1. The molecule has 0 radical (unpaired) electrons. The molecule has 7 heteroatoms. The van der Waals surface area contributed by atoms with E-state index in [4.69, 9.17) is 4.74 Å². The summed E-state index contributed by atoms with van der Waals surface area (Å²) in [6.07, 6.45) is 3.96. The lowest BCUT2D eigenvalue weighted by atomic mass is 10.1. The summed E-state index contributed by atoms with van der Waals surface area (Å²) in [4.78, 5) is 36.1. The van der Waals surface area contributed by atoms with Gasteiger partial charge in [-0.25, -0.2) is 9.97 Å². The predicted octanol–water partition coefficient (Wildman–Crippen LogP) is 1.05. The lowest BCUT2D eigenvalue weighted by molar-refractivity contribution is -0.139. The predicted molar refractivity (Wildman–Crippen MR) is 89.6 cm³/mol. The summed E-state index contributed by atoms with van der Waals surface area (Å²) in [7, 11) is 0. The molecule has 1 aliphatic heterocycles.